The Morgan fingerprint density at radius 1 is 1.54 bits per heavy atom. The summed E-state index contributed by atoms with van der Waals surface area (Å²) in [7, 11) is 0. The third-order valence-electron chi connectivity index (χ3n) is 1.81. The minimum atomic E-state index is -0.318. The molecule has 0 radical (unpaired) electrons. The van der Waals surface area contributed by atoms with Crippen LogP contribution in [0.5, 0.6) is 0 Å². The summed E-state index contributed by atoms with van der Waals surface area (Å²) in [5.74, 6) is -0.201. The van der Waals surface area contributed by atoms with Gasteiger partial charge >= 0.3 is 0 Å². The molecule has 0 aromatic heterocycles. The molecule has 0 amide bonds. The molecule has 0 aliphatic heterocycles. The first kappa shape index (κ1) is 10.4. The van der Waals surface area contributed by atoms with Crippen LogP contribution < -0.4 is 0 Å². The van der Waals surface area contributed by atoms with Crippen molar-refractivity contribution in [2.75, 3.05) is 0 Å². The van der Waals surface area contributed by atoms with E-state index in [2.05, 4.69) is 15.9 Å². The summed E-state index contributed by atoms with van der Waals surface area (Å²) in [6.07, 6.45) is 0.789. The van der Waals surface area contributed by atoms with Crippen LogP contribution in [0.1, 0.15) is 18.9 Å². The molecule has 70 valence electrons. The Morgan fingerprint density at radius 2 is 2.23 bits per heavy atom. The van der Waals surface area contributed by atoms with Gasteiger partial charge in [0.1, 0.15) is 11.6 Å². The molecule has 0 spiro atoms. The average Bonchev–Trinajstić information content (AvgIpc) is 2.13. The number of hydrogen-bond donors (Lipinski definition) is 0. The Morgan fingerprint density at radius 3 is 2.85 bits per heavy atom. The lowest BCUT2D eigenvalue weighted by atomic mass is 10.1. The summed E-state index contributed by atoms with van der Waals surface area (Å²) in [5, 5.41) is 0. The van der Waals surface area contributed by atoms with E-state index in [0.717, 1.165) is 0 Å². The van der Waals surface area contributed by atoms with Crippen LogP contribution in [0.4, 0.5) is 4.39 Å². The van der Waals surface area contributed by atoms with Crippen LogP contribution in [0, 0.1) is 5.82 Å². The highest BCUT2D eigenvalue weighted by molar-refractivity contribution is 9.10. The van der Waals surface area contributed by atoms with Crippen LogP contribution in [0.2, 0.25) is 0 Å². The van der Waals surface area contributed by atoms with Gasteiger partial charge in [-0.15, -0.1) is 0 Å². The van der Waals surface area contributed by atoms with E-state index >= 15 is 0 Å². The number of Topliss-reactive ketones (excluding diaryl/α,β-unsaturated/α-hetero) is 1. The van der Waals surface area contributed by atoms with Crippen molar-refractivity contribution in [1.29, 1.82) is 0 Å². The van der Waals surface area contributed by atoms with Crippen molar-refractivity contribution in [3.8, 4) is 0 Å². The van der Waals surface area contributed by atoms with Crippen LogP contribution in [0.25, 0.3) is 0 Å². The Kier molecular flexibility index (Phi) is 3.60. The second-order valence-electron chi connectivity index (χ2n) is 2.78. The molecule has 0 saturated carbocycles. The summed E-state index contributed by atoms with van der Waals surface area (Å²) in [5.41, 5.74) is 0.715. The number of hydrogen-bond acceptors (Lipinski definition) is 1. The predicted molar refractivity (Wildman–Crippen MR) is 53.1 cm³/mol. The normalized spacial score (nSPS) is 10.1. The van der Waals surface area contributed by atoms with Gasteiger partial charge in [0.05, 0.1) is 4.47 Å². The molecule has 0 fully saturated rings. The summed E-state index contributed by atoms with van der Waals surface area (Å²) in [4.78, 5) is 11.1. The van der Waals surface area contributed by atoms with Gasteiger partial charge in [-0.1, -0.05) is 19.1 Å². The average molecular weight is 245 g/mol. The Bertz CT molecular complexity index is 323. The number of benzene rings is 1. The van der Waals surface area contributed by atoms with Gasteiger partial charge in [0.15, 0.2) is 0 Å². The molecule has 0 saturated heterocycles. The van der Waals surface area contributed by atoms with E-state index < -0.39 is 0 Å². The lowest BCUT2D eigenvalue weighted by Gasteiger charge is -2.02. The van der Waals surface area contributed by atoms with Gasteiger partial charge < -0.3 is 0 Å². The van der Waals surface area contributed by atoms with E-state index in [4.69, 9.17) is 0 Å². The predicted octanol–water partition coefficient (Wildman–Crippen LogP) is 3.11. The maximum atomic E-state index is 13.0. The van der Waals surface area contributed by atoms with Crippen LogP contribution in [-0.4, -0.2) is 5.78 Å². The van der Waals surface area contributed by atoms with Gasteiger partial charge in [-0.05, 0) is 27.6 Å². The fraction of sp³-hybridized carbons (Fsp3) is 0.300. The van der Waals surface area contributed by atoms with Crippen molar-refractivity contribution in [3.05, 3.63) is 34.1 Å². The van der Waals surface area contributed by atoms with Crippen LogP contribution >= 0.6 is 15.9 Å². The van der Waals surface area contributed by atoms with Crippen molar-refractivity contribution < 1.29 is 9.18 Å². The third-order valence-corrected chi connectivity index (χ3v) is 2.70. The first-order valence-electron chi connectivity index (χ1n) is 4.09. The molecule has 1 aromatic rings. The first-order valence-corrected chi connectivity index (χ1v) is 4.89. The fourth-order valence-corrected chi connectivity index (χ4v) is 1.43. The molecule has 3 heteroatoms. The number of halogens is 2. The van der Waals surface area contributed by atoms with E-state index in [-0.39, 0.29) is 11.6 Å². The van der Waals surface area contributed by atoms with Crippen LogP contribution in [0.3, 0.4) is 0 Å². The number of carbonyl (C=O) groups is 1. The highest BCUT2D eigenvalue weighted by atomic mass is 79.9. The molecule has 0 unspecified atom stereocenters. The SMILES string of the molecule is CCC(=O)Cc1cccc(F)c1Br. The molecule has 0 N–H and O–H groups in total. The van der Waals surface area contributed by atoms with E-state index in [1.807, 2.05) is 0 Å². The number of rotatable bonds is 3. The molecule has 0 bridgehead atoms. The minimum absolute atomic E-state index is 0.117. The standard InChI is InChI=1S/C10H10BrFO/c1-2-8(13)6-7-4-3-5-9(12)10(7)11/h3-5H,2,6H2,1H3. The summed E-state index contributed by atoms with van der Waals surface area (Å²) in [6.45, 7) is 1.80. The quantitative estimate of drug-likeness (QED) is 0.799. The summed E-state index contributed by atoms with van der Waals surface area (Å²) >= 11 is 3.11. The Labute approximate surface area is 85.1 Å². The summed E-state index contributed by atoms with van der Waals surface area (Å²) < 4.78 is 13.4. The van der Waals surface area contributed by atoms with E-state index in [1.54, 1.807) is 19.1 Å². The monoisotopic (exact) mass is 244 g/mol. The van der Waals surface area contributed by atoms with Gasteiger partial charge in [-0.2, -0.15) is 0 Å². The van der Waals surface area contributed by atoms with Gasteiger partial charge in [0.25, 0.3) is 0 Å². The topological polar surface area (TPSA) is 17.1 Å². The third kappa shape index (κ3) is 2.62. The molecule has 0 aliphatic carbocycles. The lowest BCUT2D eigenvalue weighted by molar-refractivity contribution is -0.118. The lowest BCUT2D eigenvalue weighted by Crippen LogP contribution is -2.01. The molecule has 0 heterocycles. The second-order valence-corrected chi connectivity index (χ2v) is 3.57. The molecule has 1 rings (SSSR count). The number of ketones is 1. The van der Waals surface area contributed by atoms with E-state index in [1.165, 1.54) is 6.07 Å². The second kappa shape index (κ2) is 4.51. The zero-order chi connectivity index (χ0) is 9.84. The molecule has 13 heavy (non-hydrogen) atoms. The van der Waals surface area contributed by atoms with Gasteiger partial charge in [-0.3, -0.25) is 4.79 Å². The molecule has 1 nitrogen and oxygen atoms in total. The Hall–Kier alpha value is -0.700. The molecule has 0 atom stereocenters. The van der Waals surface area contributed by atoms with Gasteiger partial charge in [0, 0.05) is 12.8 Å². The molecular formula is C10H10BrFO. The highest BCUT2D eigenvalue weighted by Crippen LogP contribution is 2.21. The van der Waals surface area contributed by atoms with Crippen molar-refractivity contribution in [3.63, 3.8) is 0 Å². The minimum Gasteiger partial charge on any atom is -0.299 e. The molecular weight excluding hydrogens is 235 g/mol. The molecule has 0 aliphatic rings. The van der Waals surface area contributed by atoms with Crippen molar-refractivity contribution >= 4 is 21.7 Å². The zero-order valence-corrected chi connectivity index (χ0v) is 8.90. The van der Waals surface area contributed by atoms with Crippen LogP contribution in [0.15, 0.2) is 22.7 Å². The van der Waals surface area contributed by atoms with Gasteiger partial charge in [0.2, 0.25) is 0 Å². The Balaban J connectivity index is 2.89. The van der Waals surface area contributed by atoms with Crippen molar-refractivity contribution in [2.24, 2.45) is 0 Å². The highest BCUT2D eigenvalue weighted by Gasteiger charge is 2.07. The van der Waals surface area contributed by atoms with Crippen molar-refractivity contribution in [1.82, 2.24) is 0 Å². The zero-order valence-electron chi connectivity index (χ0n) is 7.31. The first-order chi connectivity index (χ1) is 6.15. The largest absolute Gasteiger partial charge is 0.299 e. The summed E-state index contributed by atoms with van der Waals surface area (Å²) in [6, 6.07) is 4.73. The van der Waals surface area contributed by atoms with E-state index in [0.29, 0.717) is 22.9 Å². The number of carbonyl (C=O) groups excluding carboxylic acids is 1. The van der Waals surface area contributed by atoms with Crippen molar-refractivity contribution in [2.45, 2.75) is 19.8 Å². The maximum Gasteiger partial charge on any atom is 0.137 e. The van der Waals surface area contributed by atoms with Gasteiger partial charge in [-0.25, -0.2) is 4.39 Å². The van der Waals surface area contributed by atoms with E-state index in [9.17, 15) is 9.18 Å². The maximum absolute atomic E-state index is 13.0. The fourth-order valence-electron chi connectivity index (χ4n) is 1.02. The smallest absolute Gasteiger partial charge is 0.137 e. The van der Waals surface area contributed by atoms with Crippen LogP contribution in [-0.2, 0) is 11.2 Å². The molecule has 1 aromatic carbocycles.